The molecule has 0 aliphatic heterocycles. The van der Waals surface area contributed by atoms with Crippen molar-refractivity contribution < 1.29 is 4.74 Å². The largest absolute Gasteiger partial charge is 0.373 e. The Morgan fingerprint density at radius 3 is 2.94 bits per heavy atom. The molecule has 1 aromatic carbocycles. The number of rotatable bonds is 3. The van der Waals surface area contributed by atoms with E-state index in [4.69, 9.17) is 15.7 Å². The number of nitriles is 1. The van der Waals surface area contributed by atoms with Crippen molar-refractivity contribution in [3.05, 3.63) is 35.4 Å². The second kappa shape index (κ2) is 5.81. The lowest BCUT2D eigenvalue weighted by Gasteiger charge is -2.26. The molecule has 1 aliphatic rings. The Labute approximate surface area is 102 Å². The Morgan fingerprint density at radius 1 is 1.35 bits per heavy atom. The molecule has 1 fully saturated rings. The van der Waals surface area contributed by atoms with Crippen molar-refractivity contribution in [1.82, 2.24) is 0 Å². The van der Waals surface area contributed by atoms with Gasteiger partial charge in [-0.2, -0.15) is 5.26 Å². The van der Waals surface area contributed by atoms with Gasteiger partial charge in [-0.3, -0.25) is 0 Å². The highest BCUT2D eigenvalue weighted by atomic mass is 16.5. The summed E-state index contributed by atoms with van der Waals surface area (Å²) < 4.78 is 5.85. The lowest BCUT2D eigenvalue weighted by atomic mass is 9.93. The van der Waals surface area contributed by atoms with Gasteiger partial charge >= 0.3 is 0 Å². The fraction of sp³-hybridized carbons (Fsp3) is 0.500. The molecule has 0 aromatic heterocycles. The third-order valence-corrected chi connectivity index (χ3v) is 3.28. The molecular formula is C14H18N2O. The van der Waals surface area contributed by atoms with Crippen LogP contribution < -0.4 is 5.73 Å². The van der Waals surface area contributed by atoms with E-state index in [9.17, 15) is 0 Å². The lowest BCUT2D eigenvalue weighted by molar-refractivity contribution is 0.0122. The first kappa shape index (κ1) is 12.1. The van der Waals surface area contributed by atoms with Gasteiger partial charge in [0.15, 0.2) is 0 Å². The van der Waals surface area contributed by atoms with Gasteiger partial charge in [0, 0.05) is 6.04 Å². The van der Waals surface area contributed by atoms with Crippen LogP contribution in [0, 0.1) is 11.3 Å². The molecule has 0 heterocycles. The van der Waals surface area contributed by atoms with E-state index in [1.54, 1.807) is 0 Å². The van der Waals surface area contributed by atoms with Gasteiger partial charge in [-0.05, 0) is 37.3 Å². The van der Waals surface area contributed by atoms with Gasteiger partial charge in [-0.15, -0.1) is 0 Å². The molecule has 0 amide bonds. The summed E-state index contributed by atoms with van der Waals surface area (Å²) >= 11 is 0. The van der Waals surface area contributed by atoms with Crippen LogP contribution in [0.4, 0.5) is 0 Å². The molecule has 0 saturated heterocycles. The number of nitrogens with two attached hydrogens (primary N) is 1. The predicted molar refractivity (Wildman–Crippen MR) is 66.2 cm³/mol. The van der Waals surface area contributed by atoms with Crippen LogP contribution >= 0.6 is 0 Å². The molecule has 1 saturated carbocycles. The number of nitrogens with zero attached hydrogens (tertiary/aromatic N) is 1. The first-order valence-corrected chi connectivity index (χ1v) is 6.15. The van der Waals surface area contributed by atoms with E-state index in [-0.39, 0.29) is 12.1 Å². The standard InChI is InChI=1S/C14H18N2O/c15-9-11-4-1-2-5-12(11)10-17-14-7-3-6-13(16)8-14/h1-2,4-5,13-14H,3,6-8,10,16H2. The Morgan fingerprint density at radius 2 is 2.18 bits per heavy atom. The average Bonchev–Trinajstić information content (AvgIpc) is 2.37. The highest BCUT2D eigenvalue weighted by molar-refractivity contribution is 5.36. The number of hydrogen-bond donors (Lipinski definition) is 1. The van der Waals surface area contributed by atoms with Gasteiger partial charge in [-0.1, -0.05) is 18.2 Å². The van der Waals surface area contributed by atoms with Crippen molar-refractivity contribution in [2.75, 3.05) is 0 Å². The number of hydrogen-bond acceptors (Lipinski definition) is 3. The van der Waals surface area contributed by atoms with Crippen LogP contribution in [0.25, 0.3) is 0 Å². The molecule has 0 radical (unpaired) electrons. The summed E-state index contributed by atoms with van der Waals surface area (Å²) in [4.78, 5) is 0. The maximum absolute atomic E-state index is 8.97. The van der Waals surface area contributed by atoms with Gasteiger partial charge in [0.2, 0.25) is 0 Å². The molecular weight excluding hydrogens is 212 g/mol. The van der Waals surface area contributed by atoms with Crippen LogP contribution in [0.5, 0.6) is 0 Å². The van der Waals surface area contributed by atoms with Gasteiger partial charge in [-0.25, -0.2) is 0 Å². The topological polar surface area (TPSA) is 59.0 Å². The summed E-state index contributed by atoms with van der Waals surface area (Å²) in [6, 6.07) is 10.0. The minimum Gasteiger partial charge on any atom is -0.373 e. The number of benzene rings is 1. The van der Waals surface area contributed by atoms with Crippen molar-refractivity contribution in [2.45, 2.75) is 44.4 Å². The summed E-state index contributed by atoms with van der Waals surface area (Å²) in [6.45, 7) is 0.515. The second-order valence-electron chi connectivity index (χ2n) is 4.63. The Hall–Kier alpha value is -1.37. The van der Waals surface area contributed by atoms with E-state index in [1.165, 1.54) is 0 Å². The highest BCUT2D eigenvalue weighted by Gasteiger charge is 2.19. The molecule has 0 bridgehead atoms. The minimum absolute atomic E-state index is 0.255. The van der Waals surface area contributed by atoms with E-state index in [0.717, 1.165) is 31.2 Å². The normalized spacial score (nSPS) is 24.2. The van der Waals surface area contributed by atoms with Crippen LogP contribution in [0.15, 0.2) is 24.3 Å². The second-order valence-corrected chi connectivity index (χ2v) is 4.63. The SMILES string of the molecule is N#Cc1ccccc1COC1CCCC(N)C1. The number of ether oxygens (including phenoxy) is 1. The van der Waals surface area contributed by atoms with Gasteiger partial charge in [0.05, 0.1) is 24.3 Å². The van der Waals surface area contributed by atoms with Crippen LogP contribution in [0.2, 0.25) is 0 Å². The zero-order chi connectivity index (χ0) is 12.1. The van der Waals surface area contributed by atoms with E-state index < -0.39 is 0 Å². The minimum atomic E-state index is 0.255. The van der Waals surface area contributed by atoms with Gasteiger partial charge in [0.1, 0.15) is 0 Å². The van der Waals surface area contributed by atoms with Crippen LogP contribution in [-0.2, 0) is 11.3 Å². The zero-order valence-electron chi connectivity index (χ0n) is 9.93. The molecule has 3 heteroatoms. The van der Waals surface area contributed by atoms with Crippen LogP contribution in [0.3, 0.4) is 0 Å². The monoisotopic (exact) mass is 230 g/mol. The summed E-state index contributed by atoms with van der Waals surface area (Å²) in [6.07, 6.45) is 4.53. The average molecular weight is 230 g/mol. The molecule has 1 aliphatic carbocycles. The van der Waals surface area contributed by atoms with E-state index in [2.05, 4.69) is 6.07 Å². The molecule has 3 nitrogen and oxygen atoms in total. The molecule has 90 valence electrons. The molecule has 0 spiro atoms. The first-order valence-electron chi connectivity index (χ1n) is 6.15. The van der Waals surface area contributed by atoms with Crippen molar-refractivity contribution in [2.24, 2.45) is 5.73 Å². The maximum atomic E-state index is 8.97. The predicted octanol–water partition coefficient (Wildman–Crippen LogP) is 2.34. The zero-order valence-corrected chi connectivity index (χ0v) is 9.93. The highest BCUT2D eigenvalue weighted by Crippen LogP contribution is 2.21. The quantitative estimate of drug-likeness (QED) is 0.867. The summed E-state index contributed by atoms with van der Waals surface area (Å²) in [5.41, 5.74) is 7.59. The van der Waals surface area contributed by atoms with Crippen LogP contribution in [-0.4, -0.2) is 12.1 Å². The maximum Gasteiger partial charge on any atom is 0.0995 e. The Bertz CT molecular complexity index is 411. The van der Waals surface area contributed by atoms with Gasteiger partial charge < -0.3 is 10.5 Å². The van der Waals surface area contributed by atoms with E-state index in [0.29, 0.717) is 12.2 Å². The Kier molecular flexibility index (Phi) is 4.13. The molecule has 2 rings (SSSR count). The molecule has 1 aromatic rings. The Balaban J connectivity index is 1.91. The van der Waals surface area contributed by atoms with Crippen molar-refractivity contribution >= 4 is 0 Å². The van der Waals surface area contributed by atoms with Crippen molar-refractivity contribution in [3.8, 4) is 6.07 Å². The van der Waals surface area contributed by atoms with E-state index >= 15 is 0 Å². The third-order valence-electron chi connectivity index (χ3n) is 3.28. The summed E-state index contributed by atoms with van der Waals surface area (Å²) in [7, 11) is 0. The molecule has 17 heavy (non-hydrogen) atoms. The van der Waals surface area contributed by atoms with Crippen molar-refractivity contribution in [1.29, 1.82) is 5.26 Å². The van der Waals surface area contributed by atoms with Gasteiger partial charge in [0.25, 0.3) is 0 Å². The lowest BCUT2D eigenvalue weighted by Crippen LogP contribution is -2.32. The summed E-state index contributed by atoms with van der Waals surface area (Å²) in [5.74, 6) is 0. The fourth-order valence-corrected chi connectivity index (χ4v) is 2.30. The smallest absolute Gasteiger partial charge is 0.0995 e. The van der Waals surface area contributed by atoms with Crippen molar-refractivity contribution in [3.63, 3.8) is 0 Å². The third kappa shape index (κ3) is 3.29. The first-order chi connectivity index (χ1) is 8.29. The molecule has 2 unspecified atom stereocenters. The summed E-state index contributed by atoms with van der Waals surface area (Å²) in [5, 5.41) is 8.97. The molecule has 2 atom stereocenters. The fourth-order valence-electron chi connectivity index (χ4n) is 2.30. The molecule has 2 N–H and O–H groups in total. The van der Waals surface area contributed by atoms with Crippen LogP contribution in [0.1, 0.15) is 36.8 Å². The van der Waals surface area contributed by atoms with E-state index in [1.807, 2.05) is 24.3 Å².